The molecule has 0 radical (unpaired) electrons. The second-order valence-electron chi connectivity index (χ2n) is 5.99. The molecule has 0 aliphatic heterocycles. The SMILES string of the molecule is COc1ccc(NC(=O)C[C@@H](NCCNCc2ccccc2)C(=O)O)cc1. The van der Waals surface area contributed by atoms with Gasteiger partial charge in [-0.1, -0.05) is 30.3 Å². The standard InChI is InChI=1S/C20H25N3O4/c1-27-17-9-7-16(8-10-17)23-19(24)13-18(20(25)26)22-12-11-21-14-15-5-3-2-4-6-15/h2-10,18,21-22H,11-14H2,1H3,(H,23,24)(H,25,26)/t18-/m1/s1. The molecule has 0 bridgehead atoms. The number of carbonyl (C=O) groups excluding carboxylic acids is 1. The van der Waals surface area contributed by atoms with Crippen molar-refractivity contribution in [3.63, 3.8) is 0 Å². The van der Waals surface area contributed by atoms with Crippen molar-refractivity contribution in [2.45, 2.75) is 19.0 Å². The van der Waals surface area contributed by atoms with E-state index in [1.165, 1.54) is 0 Å². The molecule has 0 saturated carbocycles. The lowest BCUT2D eigenvalue weighted by molar-refractivity contribution is -0.141. The molecular formula is C20H25N3O4. The van der Waals surface area contributed by atoms with Crippen molar-refractivity contribution >= 4 is 17.6 Å². The maximum Gasteiger partial charge on any atom is 0.321 e. The van der Waals surface area contributed by atoms with Gasteiger partial charge >= 0.3 is 5.97 Å². The van der Waals surface area contributed by atoms with Gasteiger partial charge in [0.25, 0.3) is 0 Å². The Morgan fingerprint density at radius 2 is 1.74 bits per heavy atom. The Morgan fingerprint density at radius 3 is 2.37 bits per heavy atom. The van der Waals surface area contributed by atoms with Gasteiger partial charge in [-0.3, -0.25) is 9.59 Å². The molecule has 0 heterocycles. The zero-order valence-corrected chi connectivity index (χ0v) is 15.3. The fraction of sp³-hybridized carbons (Fsp3) is 0.300. The molecule has 0 fully saturated rings. The van der Waals surface area contributed by atoms with Crippen molar-refractivity contribution in [3.05, 3.63) is 60.2 Å². The third-order valence-electron chi connectivity index (χ3n) is 3.93. The van der Waals surface area contributed by atoms with Crippen molar-refractivity contribution in [3.8, 4) is 5.75 Å². The Hall–Kier alpha value is -2.90. The van der Waals surface area contributed by atoms with Crippen LogP contribution in [0.5, 0.6) is 5.75 Å². The van der Waals surface area contributed by atoms with E-state index in [9.17, 15) is 14.7 Å². The number of nitrogens with one attached hydrogen (secondary N) is 3. The summed E-state index contributed by atoms with van der Waals surface area (Å²) in [5.74, 6) is -0.735. The zero-order chi connectivity index (χ0) is 19.5. The molecule has 0 aliphatic rings. The summed E-state index contributed by atoms with van der Waals surface area (Å²) in [6.45, 7) is 1.75. The number of carboxylic acids is 1. The molecule has 0 aromatic heterocycles. The molecule has 7 heteroatoms. The Morgan fingerprint density at radius 1 is 1.04 bits per heavy atom. The van der Waals surface area contributed by atoms with Crippen LogP contribution in [0.15, 0.2) is 54.6 Å². The summed E-state index contributed by atoms with van der Waals surface area (Å²) in [5, 5.41) is 18.1. The summed E-state index contributed by atoms with van der Waals surface area (Å²) in [5.41, 5.74) is 1.75. The Bertz CT molecular complexity index is 720. The molecule has 0 saturated heterocycles. The minimum absolute atomic E-state index is 0.153. The quantitative estimate of drug-likeness (QED) is 0.450. The van der Waals surface area contributed by atoms with Crippen LogP contribution >= 0.6 is 0 Å². The molecule has 7 nitrogen and oxygen atoms in total. The number of carboxylic acid groups (broad SMARTS) is 1. The van der Waals surface area contributed by atoms with Gasteiger partial charge < -0.3 is 25.8 Å². The third-order valence-corrected chi connectivity index (χ3v) is 3.93. The van der Waals surface area contributed by atoms with Crippen LogP contribution in [0.1, 0.15) is 12.0 Å². The third kappa shape index (κ3) is 7.47. The highest BCUT2D eigenvalue weighted by Gasteiger charge is 2.20. The van der Waals surface area contributed by atoms with E-state index in [2.05, 4.69) is 16.0 Å². The normalized spacial score (nSPS) is 11.6. The van der Waals surface area contributed by atoms with Crippen molar-refractivity contribution in [2.75, 3.05) is 25.5 Å². The first kappa shape index (κ1) is 20.4. The van der Waals surface area contributed by atoms with Gasteiger partial charge in [-0.15, -0.1) is 0 Å². The maximum absolute atomic E-state index is 12.1. The molecule has 27 heavy (non-hydrogen) atoms. The van der Waals surface area contributed by atoms with E-state index in [4.69, 9.17) is 4.74 Å². The van der Waals surface area contributed by atoms with Gasteiger partial charge in [0.05, 0.1) is 13.5 Å². The number of hydrogen-bond acceptors (Lipinski definition) is 5. The molecule has 1 amide bonds. The number of amides is 1. The lowest BCUT2D eigenvalue weighted by Crippen LogP contribution is -2.42. The van der Waals surface area contributed by atoms with Gasteiger partial charge in [-0.25, -0.2) is 0 Å². The zero-order valence-electron chi connectivity index (χ0n) is 15.3. The number of anilines is 1. The summed E-state index contributed by atoms with van der Waals surface area (Å²) >= 11 is 0. The van der Waals surface area contributed by atoms with Gasteiger partial charge in [0, 0.05) is 25.3 Å². The predicted octanol–water partition coefficient (Wildman–Crippen LogP) is 1.86. The second-order valence-corrected chi connectivity index (χ2v) is 5.99. The molecular weight excluding hydrogens is 346 g/mol. The molecule has 144 valence electrons. The lowest BCUT2D eigenvalue weighted by atomic mass is 10.2. The average molecular weight is 371 g/mol. The van der Waals surface area contributed by atoms with E-state index < -0.39 is 12.0 Å². The number of ether oxygens (including phenoxy) is 1. The minimum atomic E-state index is -1.05. The van der Waals surface area contributed by atoms with E-state index in [0.717, 1.165) is 5.56 Å². The van der Waals surface area contributed by atoms with Gasteiger partial charge in [0.2, 0.25) is 5.91 Å². The van der Waals surface area contributed by atoms with Crippen LogP contribution in [0.3, 0.4) is 0 Å². The van der Waals surface area contributed by atoms with Crippen LogP contribution in [-0.2, 0) is 16.1 Å². The van der Waals surface area contributed by atoms with Crippen LogP contribution < -0.4 is 20.7 Å². The average Bonchev–Trinajstić information content (AvgIpc) is 2.68. The number of methoxy groups -OCH3 is 1. The van der Waals surface area contributed by atoms with E-state index in [0.29, 0.717) is 31.1 Å². The fourth-order valence-electron chi connectivity index (χ4n) is 2.48. The lowest BCUT2D eigenvalue weighted by Gasteiger charge is -2.15. The summed E-state index contributed by atoms with van der Waals surface area (Å²) in [6, 6.07) is 15.8. The number of carbonyl (C=O) groups is 2. The smallest absolute Gasteiger partial charge is 0.321 e. The topological polar surface area (TPSA) is 99.7 Å². The van der Waals surface area contributed by atoms with Gasteiger partial charge in [0.1, 0.15) is 11.8 Å². The van der Waals surface area contributed by atoms with Crippen LogP contribution in [0, 0.1) is 0 Å². The number of benzene rings is 2. The molecule has 4 N–H and O–H groups in total. The number of hydrogen-bond donors (Lipinski definition) is 4. The van der Waals surface area contributed by atoms with Gasteiger partial charge in [0.15, 0.2) is 0 Å². The minimum Gasteiger partial charge on any atom is -0.497 e. The first-order chi connectivity index (χ1) is 13.1. The van der Waals surface area contributed by atoms with Crippen LogP contribution in [0.4, 0.5) is 5.69 Å². The molecule has 0 spiro atoms. The second kappa shape index (κ2) is 10.9. The highest BCUT2D eigenvalue weighted by molar-refractivity contribution is 5.94. The molecule has 0 unspecified atom stereocenters. The van der Waals surface area contributed by atoms with Crippen LogP contribution in [0.25, 0.3) is 0 Å². The first-order valence-electron chi connectivity index (χ1n) is 8.73. The Labute approximate surface area is 158 Å². The van der Waals surface area contributed by atoms with Gasteiger partial charge in [-0.2, -0.15) is 0 Å². The van der Waals surface area contributed by atoms with Crippen LogP contribution in [-0.4, -0.2) is 43.2 Å². The highest BCUT2D eigenvalue weighted by atomic mass is 16.5. The largest absolute Gasteiger partial charge is 0.497 e. The predicted molar refractivity (Wildman–Crippen MR) is 104 cm³/mol. The number of aliphatic carboxylic acids is 1. The Balaban J connectivity index is 1.72. The van der Waals surface area contributed by atoms with E-state index in [-0.39, 0.29) is 12.3 Å². The highest BCUT2D eigenvalue weighted by Crippen LogP contribution is 2.15. The molecule has 0 aliphatic carbocycles. The first-order valence-corrected chi connectivity index (χ1v) is 8.73. The Kier molecular flexibility index (Phi) is 8.28. The van der Waals surface area contributed by atoms with Crippen molar-refractivity contribution in [1.29, 1.82) is 0 Å². The molecule has 1 atom stereocenters. The molecule has 2 aromatic rings. The van der Waals surface area contributed by atoms with Crippen molar-refractivity contribution in [2.24, 2.45) is 0 Å². The summed E-state index contributed by atoms with van der Waals surface area (Å²) in [6.07, 6.45) is -0.153. The van der Waals surface area contributed by atoms with E-state index in [1.54, 1.807) is 31.4 Å². The van der Waals surface area contributed by atoms with Crippen molar-refractivity contribution in [1.82, 2.24) is 10.6 Å². The summed E-state index contributed by atoms with van der Waals surface area (Å²) in [7, 11) is 1.56. The molecule has 2 rings (SSSR count). The van der Waals surface area contributed by atoms with E-state index >= 15 is 0 Å². The monoisotopic (exact) mass is 371 g/mol. The molecule has 2 aromatic carbocycles. The number of rotatable bonds is 11. The summed E-state index contributed by atoms with van der Waals surface area (Å²) < 4.78 is 5.06. The van der Waals surface area contributed by atoms with Crippen molar-refractivity contribution < 1.29 is 19.4 Å². The maximum atomic E-state index is 12.1. The van der Waals surface area contributed by atoms with Crippen LogP contribution in [0.2, 0.25) is 0 Å². The summed E-state index contributed by atoms with van der Waals surface area (Å²) in [4.78, 5) is 23.5. The fourth-order valence-corrected chi connectivity index (χ4v) is 2.48. The van der Waals surface area contributed by atoms with E-state index in [1.807, 2.05) is 30.3 Å². The van der Waals surface area contributed by atoms with Gasteiger partial charge in [-0.05, 0) is 29.8 Å².